The number of nitrogens with zero attached hydrogens (tertiary/aromatic N) is 1. The Morgan fingerprint density at radius 3 is 2.04 bits per heavy atom. The normalized spacial score (nSPS) is 10.1. The summed E-state index contributed by atoms with van der Waals surface area (Å²) in [6.07, 6.45) is 0. The quantitative estimate of drug-likeness (QED) is 0.508. The monoisotopic (exact) mass is 364 g/mol. The zero-order valence-corrected chi connectivity index (χ0v) is 14.4. The van der Waals surface area contributed by atoms with Gasteiger partial charge in [0.15, 0.2) is 0 Å². The third-order valence-electron chi connectivity index (χ3n) is 3.75. The maximum absolute atomic E-state index is 12.3. The molecule has 7 heteroatoms. The fourth-order valence-electron chi connectivity index (χ4n) is 2.41. The molecule has 0 aliphatic carbocycles. The Morgan fingerprint density at radius 1 is 0.889 bits per heavy atom. The van der Waals surface area contributed by atoms with Gasteiger partial charge < -0.3 is 14.8 Å². The van der Waals surface area contributed by atoms with E-state index in [0.29, 0.717) is 17.2 Å². The second-order valence-electron chi connectivity index (χ2n) is 5.53. The Labute approximate surface area is 155 Å². The molecular formula is C20H16N2O5. The topological polar surface area (TPSA) is 90.7 Å². The molecule has 0 spiro atoms. The molecular weight excluding hydrogens is 348 g/mol. The summed E-state index contributed by atoms with van der Waals surface area (Å²) in [4.78, 5) is 22.8. The smallest absolute Gasteiger partial charge is 0.282 e. The highest BCUT2D eigenvalue weighted by molar-refractivity contribution is 6.07. The minimum Gasteiger partial charge on any atom is -0.497 e. The van der Waals surface area contributed by atoms with Crippen LogP contribution in [-0.2, 0) is 0 Å². The van der Waals surface area contributed by atoms with Crippen molar-refractivity contribution in [2.24, 2.45) is 0 Å². The fraction of sp³-hybridized carbons (Fsp3) is 0.0500. The number of hydrogen-bond acceptors (Lipinski definition) is 5. The van der Waals surface area contributed by atoms with Gasteiger partial charge in [-0.15, -0.1) is 0 Å². The van der Waals surface area contributed by atoms with E-state index in [0.717, 1.165) is 5.75 Å². The summed E-state index contributed by atoms with van der Waals surface area (Å²) in [5, 5.41) is 13.7. The van der Waals surface area contributed by atoms with Gasteiger partial charge in [0.25, 0.3) is 11.6 Å². The van der Waals surface area contributed by atoms with Crippen LogP contribution in [-0.4, -0.2) is 17.9 Å². The average molecular weight is 364 g/mol. The van der Waals surface area contributed by atoms with E-state index >= 15 is 0 Å². The summed E-state index contributed by atoms with van der Waals surface area (Å²) in [6, 6.07) is 19.6. The summed E-state index contributed by atoms with van der Waals surface area (Å²) >= 11 is 0. The average Bonchev–Trinajstić information content (AvgIpc) is 2.70. The second kappa shape index (κ2) is 8.01. The zero-order valence-electron chi connectivity index (χ0n) is 14.4. The summed E-state index contributed by atoms with van der Waals surface area (Å²) < 4.78 is 10.8. The number of rotatable bonds is 6. The minimum absolute atomic E-state index is 0.000981. The van der Waals surface area contributed by atoms with Crippen LogP contribution in [0.2, 0.25) is 0 Å². The van der Waals surface area contributed by atoms with Gasteiger partial charge in [-0.3, -0.25) is 14.9 Å². The van der Waals surface area contributed by atoms with Gasteiger partial charge in [-0.05, 0) is 54.6 Å². The third kappa shape index (κ3) is 4.40. The lowest BCUT2D eigenvalue weighted by Crippen LogP contribution is -2.13. The number of methoxy groups -OCH3 is 1. The molecule has 7 nitrogen and oxygen atoms in total. The first-order valence-electron chi connectivity index (χ1n) is 8.03. The van der Waals surface area contributed by atoms with Crippen LogP contribution in [0.15, 0.2) is 72.8 Å². The molecule has 0 atom stereocenters. The molecule has 0 saturated carbocycles. The van der Waals surface area contributed by atoms with Crippen molar-refractivity contribution >= 4 is 17.3 Å². The van der Waals surface area contributed by atoms with Crippen LogP contribution < -0.4 is 14.8 Å². The molecule has 0 bridgehead atoms. The zero-order chi connectivity index (χ0) is 19.2. The Morgan fingerprint density at radius 2 is 1.44 bits per heavy atom. The van der Waals surface area contributed by atoms with E-state index in [9.17, 15) is 14.9 Å². The number of nitro groups is 1. The third-order valence-corrected chi connectivity index (χ3v) is 3.75. The van der Waals surface area contributed by atoms with Crippen molar-refractivity contribution in [1.29, 1.82) is 0 Å². The molecule has 1 N–H and O–H groups in total. The number of benzene rings is 3. The number of amides is 1. The summed E-state index contributed by atoms with van der Waals surface area (Å²) in [5.41, 5.74) is 0.260. The first-order valence-corrected chi connectivity index (χ1v) is 8.03. The standard InChI is InChI=1S/C20H16N2O5/c1-26-15-10-12-17(13-11-15)27-16-8-6-14(7-9-16)21-20(23)18-4-2-3-5-19(18)22(24)25/h2-13H,1H3,(H,21,23). The van der Waals surface area contributed by atoms with E-state index in [1.807, 2.05) is 0 Å². The Balaban J connectivity index is 1.68. The lowest BCUT2D eigenvalue weighted by atomic mass is 10.1. The molecule has 3 rings (SSSR count). The maximum atomic E-state index is 12.3. The van der Waals surface area contributed by atoms with Crippen LogP contribution in [0.5, 0.6) is 17.2 Å². The molecule has 0 aromatic heterocycles. The van der Waals surface area contributed by atoms with Crippen LogP contribution in [0.1, 0.15) is 10.4 Å². The van der Waals surface area contributed by atoms with Crippen molar-refractivity contribution in [2.45, 2.75) is 0 Å². The van der Waals surface area contributed by atoms with Crippen LogP contribution >= 0.6 is 0 Å². The van der Waals surface area contributed by atoms with E-state index in [1.54, 1.807) is 61.7 Å². The summed E-state index contributed by atoms with van der Waals surface area (Å²) in [5.74, 6) is 1.41. The summed E-state index contributed by atoms with van der Waals surface area (Å²) in [6.45, 7) is 0. The van der Waals surface area contributed by atoms with Gasteiger partial charge in [0.2, 0.25) is 0 Å². The number of anilines is 1. The van der Waals surface area contributed by atoms with Crippen molar-refractivity contribution in [3.8, 4) is 17.2 Å². The van der Waals surface area contributed by atoms with Gasteiger partial charge >= 0.3 is 0 Å². The predicted molar refractivity (Wildman–Crippen MR) is 101 cm³/mol. The number of hydrogen-bond donors (Lipinski definition) is 1. The van der Waals surface area contributed by atoms with Crippen molar-refractivity contribution in [2.75, 3.05) is 12.4 Å². The highest BCUT2D eigenvalue weighted by Crippen LogP contribution is 2.25. The predicted octanol–water partition coefficient (Wildman–Crippen LogP) is 4.65. The Bertz CT molecular complexity index is 953. The van der Waals surface area contributed by atoms with Gasteiger partial charge in [0.1, 0.15) is 22.8 Å². The second-order valence-corrected chi connectivity index (χ2v) is 5.53. The molecule has 0 aliphatic heterocycles. The van der Waals surface area contributed by atoms with Crippen molar-refractivity contribution in [1.82, 2.24) is 0 Å². The number of carbonyl (C=O) groups excluding carboxylic acids is 1. The molecule has 3 aromatic carbocycles. The van der Waals surface area contributed by atoms with Crippen LogP contribution in [0.4, 0.5) is 11.4 Å². The first kappa shape index (κ1) is 17.9. The van der Waals surface area contributed by atoms with E-state index in [4.69, 9.17) is 9.47 Å². The van der Waals surface area contributed by atoms with Crippen LogP contribution in [0.25, 0.3) is 0 Å². The SMILES string of the molecule is COc1ccc(Oc2ccc(NC(=O)c3ccccc3[N+](=O)[O-])cc2)cc1. The Kier molecular flexibility index (Phi) is 5.32. The van der Waals surface area contributed by atoms with Gasteiger partial charge in [-0.25, -0.2) is 0 Å². The van der Waals surface area contributed by atoms with Gasteiger partial charge in [0, 0.05) is 11.8 Å². The molecule has 0 saturated heterocycles. The van der Waals surface area contributed by atoms with Gasteiger partial charge in [-0.1, -0.05) is 12.1 Å². The fourth-order valence-corrected chi connectivity index (χ4v) is 2.41. The van der Waals surface area contributed by atoms with Crippen molar-refractivity contribution in [3.05, 3.63) is 88.5 Å². The molecule has 1 amide bonds. The molecule has 3 aromatic rings. The molecule has 0 aliphatic rings. The van der Waals surface area contributed by atoms with Gasteiger partial charge in [0.05, 0.1) is 12.0 Å². The lowest BCUT2D eigenvalue weighted by Gasteiger charge is -2.09. The maximum Gasteiger partial charge on any atom is 0.282 e. The van der Waals surface area contributed by atoms with E-state index in [1.165, 1.54) is 18.2 Å². The number of para-hydroxylation sites is 1. The molecule has 0 radical (unpaired) electrons. The van der Waals surface area contributed by atoms with Crippen LogP contribution in [0.3, 0.4) is 0 Å². The van der Waals surface area contributed by atoms with Crippen LogP contribution in [0, 0.1) is 10.1 Å². The van der Waals surface area contributed by atoms with E-state index in [2.05, 4.69) is 5.32 Å². The molecule has 136 valence electrons. The highest BCUT2D eigenvalue weighted by atomic mass is 16.6. The van der Waals surface area contributed by atoms with Gasteiger partial charge in [-0.2, -0.15) is 0 Å². The first-order chi connectivity index (χ1) is 13.1. The number of ether oxygens (including phenoxy) is 2. The largest absolute Gasteiger partial charge is 0.497 e. The van der Waals surface area contributed by atoms with E-state index in [-0.39, 0.29) is 11.3 Å². The molecule has 27 heavy (non-hydrogen) atoms. The highest BCUT2D eigenvalue weighted by Gasteiger charge is 2.19. The molecule has 0 heterocycles. The lowest BCUT2D eigenvalue weighted by molar-refractivity contribution is -0.385. The Hall–Kier alpha value is -3.87. The summed E-state index contributed by atoms with van der Waals surface area (Å²) in [7, 11) is 1.59. The van der Waals surface area contributed by atoms with Crippen molar-refractivity contribution in [3.63, 3.8) is 0 Å². The van der Waals surface area contributed by atoms with Crippen molar-refractivity contribution < 1.29 is 19.2 Å². The number of nitrogens with one attached hydrogen (secondary N) is 1. The van der Waals surface area contributed by atoms with E-state index < -0.39 is 10.8 Å². The number of carbonyl (C=O) groups is 1. The minimum atomic E-state index is -0.583. The molecule has 0 fully saturated rings. The number of nitro benzene ring substituents is 1. The molecule has 0 unspecified atom stereocenters.